The standard InChI is InChI=1S/C7H6N6O2/c8-6-5(13(14)15)3-10-7(11-6)12-2-1-9-4-12/h1-4H,(H2,8,10,11). The molecule has 2 heterocycles. The predicted octanol–water partition coefficient (Wildman–Crippen LogP) is 0.153. The fourth-order valence-electron chi connectivity index (χ4n) is 1.02. The van der Waals surface area contributed by atoms with Gasteiger partial charge in [0.05, 0.1) is 4.92 Å². The molecule has 0 aliphatic heterocycles. The van der Waals surface area contributed by atoms with Crippen LogP contribution in [0.5, 0.6) is 0 Å². The molecule has 0 aromatic carbocycles. The van der Waals surface area contributed by atoms with Gasteiger partial charge in [-0.25, -0.2) is 9.97 Å². The topological polar surface area (TPSA) is 113 Å². The first-order valence-electron chi connectivity index (χ1n) is 3.93. The highest BCUT2D eigenvalue weighted by Gasteiger charge is 2.14. The van der Waals surface area contributed by atoms with Crippen LogP contribution in [0.1, 0.15) is 0 Å². The second-order valence-electron chi connectivity index (χ2n) is 2.67. The molecule has 0 saturated carbocycles. The number of nitrogens with zero attached hydrogens (tertiary/aromatic N) is 5. The van der Waals surface area contributed by atoms with Crippen molar-refractivity contribution < 1.29 is 4.92 Å². The monoisotopic (exact) mass is 206 g/mol. The number of imidazole rings is 1. The van der Waals surface area contributed by atoms with Crippen LogP contribution < -0.4 is 5.73 Å². The van der Waals surface area contributed by atoms with E-state index in [0.717, 1.165) is 6.20 Å². The third kappa shape index (κ3) is 1.59. The maximum atomic E-state index is 10.4. The SMILES string of the molecule is Nc1nc(-n2ccnc2)ncc1[N+](=O)[O-]. The Bertz CT molecular complexity index is 494. The summed E-state index contributed by atoms with van der Waals surface area (Å²) < 4.78 is 1.50. The van der Waals surface area contributed by atoms with Gasteiger partial charge in [0.15, 0.2) is 0 Å². The van der Waals surface area contributed by atoms with Crippen molar-refractivity contribution in [2.45, 2.75) is 0 Å². The molecule has 0 atom stereocenters. The van der Waals surface area contributed by atoms with Crippen LogP contribution in [-0.4, -0.2) is 24.4 Å². The van der Waals surface area contributed by atoms with Crippen LogP contribution in [0.2, 0.25) is 0 Å². The largest absolute Gasteiger partial charge is 0.378 e. The molecule has 0 bridgehead atoms. The van der Waals surface area contributed by atoms with Gasteiger partial charge < -0.3 is 5.73 Å². The molecule has 0 fully saturated rings. The lowest BCUT2D eigenvalue weighted by Gasteiger charge is -2.00. The lowest BCUT2D eigenvalue weighted by Crippen LogP contribution is -2.05. The van der Waals surface area contributed by atoms with Crippen LogP contribution in [0.4, 0.5) is 11.5 Å². The van der Waals surface area contributed by atoms with E-state index in [1.54, 1.807) is 12.4 Å². The van der Waals surface area contributed by atoms with E-state index in [1.807, 2.05) is 0 Å². The van der Waals surface area contributed by atoms with Gasteiger partial charge in [-0.3, -0.25) is 14.7 Å². The molecule has 8 heteroatoms. The maximum absolute atomic E-state index is 10.4. The van der Waals surface area contributed by atoms with Gasteiger partial charge in [-0.1, -0.05) is 0 Å². The van der Waals surface area contributed by atoms with Gasteiger partial charge in [0.2, 0.25) is 11.8 Å². The third-order valence-corrected chi connectivity index (χ3v) is 1.72. The smallest absolute Gasteiger partial charge is 0.329 e. The van der Waals surface area contributed by atoms with E-state index in [2.05, 4.69) is 15.0 Å². The van der Waals surface area contributed by atoms with Crippen LogP contribution in [-0.2, 0) is 0 Å². The van der Waals surface area contributed by atoms with Gasteiger partial charge in [-0.15, -0.1) is 0 Å². The molecule has 15 heavy (non-hydrogen) atoms. The summed E-state index contributed by atoms with van der Waals surface area (Å²) in [5, 5.41) is 10.4. The number of anilines is 1. The Morgan fingerprint density at radius 3 is 2.87 bits per heavy atom. The van der Waals surface area contributed by atoms with Crippen molar-refractivity contribution in [1.29, 1.82) is 0 Å². The number of nitrogens with two attached hydrogens (primary N) is 1. The normalized spacial score (nSPS) is 10.1. The highest BCUT2D eigenvalue weighted by molar-refractivity contribution is 5.51. The Kier molecular flexibility index (Phi) is 2.01. The van der Waals surface area contributed by atoms with Crippen molar-refractivity contribution in [3.05, 3.63) is 35.0 Å². The molecule has 0 radical (unpaired) electrons. The van der Waals surface area contributed by atoms with Gasteiger partial charge in [-0.2, -0.15) is 4.98 Å². The van der Waals surface area contributed by atoms with Crippen LogP contribution in [0.15, 0.2) is 24.9 Å². The van der Waals surface area contributed by atoms with Crippen LogP contribution in [0.3, 0.4) is 0 Å². The van der Waals surface area contributed by atoms with Gasteiger partial charge in [0.1, 0.15) is 12.5 Å². The molecule has 2 aromatic rings. The number of nitro groups is 1. The maximum Gasteiger partial charge on any atom is 0.329 e. The van der Waals surface area contributed by atoms with E-state index in [0.29, 0.717) is 0 Å². The van der Waals surface area contributed by atoms with Crippen LogP contribution in [0.25, 0.3) is 5.95 Å². The van der Waals surface area contributed by atoms with E-state index in [-0.39, 0.29) is 17.5 Å². The van der Waals surface area contributed by atoms with Crippen molar-refractivity contribution in [2.75, 3.05) is 5.73 Å². The fraction of sp³-hybridized carbons (Fsp3) is 0. The summed E-state index contributed by atoms with van der Waals surface area (Å²) in [6, 6.07) is 0. The quantitative estimate of drug-likeness (QED) is 0.552. The zero-order valence-corrected chi connectivity index (χ0v) is 7.44. The molecule has 8 nitrogen and oxygen atoms in total. The number of hydrogen-bond donors (Lipinski definition) is 1. The van der Waals surface area contributed by atoms with Crippen LogP contribution in [0, 0.1) is 10.1 Å². The van der Waals surface area contributed by atoms with Gasteiger partial charge in [0.25, 0.3) is 0 Å². The van der Waals surface area contributed by atoms with Gasteiger partial charge in [0, 0.05) is 12.4 Å². The fourth-order valence-corrected chi connectivity index (χ4v) is 1.02. The average Bonchev–Trinajstić information content (AvgIpc) is 2.69. The summed E-state index contributed by atoms with van der Waals surface area (Å²) in [5.74, 6) is 0.0781. The van der Waals surface area contributed by atoms with E-state index in [4.69, 9.17) is 5.73 Å². The summed E-state index contributed by atoms with van der Waals surface area (Å²) in [6.45, 7) is 0. The summed E-state index contributed by atoms with van der Waals surface area (Å²) in [6.07, 6.45) is 5.69. The molecule has 2 N–H and O–H groups in total. The predicted molar refractivity (Wildman–Crippen MR) is 50.2 cm³/mol. The van der Waals surface area contributed by atoms with Crippen molar-refractivity contribution in [2.24, 2.45) is 0 Å². The van der Waals surface area contributed by atoms with Gasteiger partial charge in [-0.05, 0) is 0 Å². The Morgan fingerprint density at radius 2 is 2.33 bits per heavy atom. The number of aromatic nitrogens is 4. The molecule has 0 spiro atoms. The minimum atomic E-state index is -0.632. The van der Waals surface area contributed by atoms with Crippen LogP contribution >= 0.6 is 0 Å². The minimum Gasteiger partial charge on any atom is -0.378 e. The zero-order chi connectivity index (χ0) is 10.8. The Balaban J connectivity index is 2.47. The summed E-state index contributed by atoms with van der Waals surface area (Å²) in [4.78, 5) is 21.2. The summed E-state index contributed by atoms with van der Waals surface area (Å²) >= 11 is 0. The average molecular weight is 206 g/mol. The molecular formula is C7H6N6O2. The molecule has 0 aliphatic rings. The Hall–Kier alpha value is -2.51. The molecule has 2 rings (SSSR count). The van der Waals surface area contributed by atoms with E-state index < -0.39 is 4.92 Å². The second-order valence-corrected chi connectivity index (χ2v) is 2.67. The van der Waals surface area contributed by atoms with Crippen molar-refractivity contribution >= 4 is 11.5 Å². The summed E-state index contributed by atoms with van der Waals surface area (Å²) in [7, 11) is 0. The highest BCUT2D eigenvalue weighted by Crippen LogP contribution is 2.17. The molecule has 76 valence electrons. The minimum absolute atomic E-state index is 0.168. The van der Waals surface area contributed by atoms with E-state index in [1.165, 1.54) is 10.9 Å². The molecule has 0 aliphatic carbocycles. The molecular weight excluding hydrogens is 200 g/mol. The molecule has 0 saturated heterocycles. The lowest BCUT2D eigenvalue weighted by atomic mass is 10.5. The van der Waals surface area contributed by atoms with Crippen molar-refractivity contribution in [3.63, 3.8) is 0 Å². The first kappa shape index (κ1) is 9.06. The van der Waals surface area contributed by atoms with Crippen molar-refractivity contribution in [1.82, 2.24) is 19.5 Å². The number of nitrogen functional groups attached to an aromatic ring is 1. The molecule has 2 aromatic heterocycles. The Labute approximate surface area is 83.6 Å². The summed E-state index contributed by atoms with van der Waals surface area (Å²) in [5.41, 5.74) is 5.10. The van der Waals surface area contributed by atoms with E-state index in [9.17, 15) is 10.1 Å². The van der Waals surface area contributed by atoms with E-state index >= 15 is 0 Å². The number of rotatable bonds is 2. The lowest BCUT2D eigenvalue weighted by molar-refractivity contribution is -0.384. The highest BCUT2D eigenvalue weighted by atomic mass is 16.6. The second kappa shape index (κ2) is 3.33. The first-order chi connectivity index (χ1) is 7.18. The third-order valence-electron chi connectivity index (χ3n) is 1.72. The van der Waals surface area contributed by atoms with Crippen molar-refractivity contribution in [3.8, 4) is 5.95 Å². The zero-order valence-electron chi connectivity index (χ0n) is 7.44. The first-order valence-corrected chi connectivity index (χ1v) is 3.93. The number of hydrogen-bond acceptors (Lipinski definition) is 6. The van der Waals surface area contributed by atoms with Gasteiger partial charge >= 0.3 is 5.69 Å². The molecule has 0 unspecified atom stereocenters. The molecule has 0 amide bonds. The Morgan fingerprint density at radius 1 is 1.53 bits per heavy atom.